The molecule has 6 atom stereocenters. The average molecular weight is 1220 g/mol. The lowest BCUT2D eigenvalue weighted by Gasteiger charge is -2.17. The van der Waals surface area contributed by atoms with Crippen LogP contribution in [-0.2, 0) is 76.5 Å². The van der Waals surface area contributed by atoms with Crippen LogP contribution in [0.3, 0.4) is 0 Å². The van der Waals surface area contributed by atoms with Crippen LogP contribution in [-0.4, -0.2) is 186 Å². The predicted molar refractivity (Wildman–Crippen MR) is 308 cm³/mol. The van der Waals surface area contributed by atoms with Gasteiger partial charge in [0.25, 0.3) is 0 Å². The van der Waals surface area contributed by atoms with Gasteiger partial charge in [-0.3, -0.25) is 47.9 Å². The SMILES string of the molecule is C[C@@H](CCCCNC(=O)COCCOCCNC(=O)COCCOCCCC(=O)CC[C@H](NC(=O)CC[C@H](CC(=O)CC[C@H](NC(=O)CCCCCCCCCCCCCCCCC(=O)O)C(=O)O)C(=O)O)C(=O)O)C(=O)C[C@H](C(=O)O)[C@@H](C)O. The van der Waals surface area contributed by atoms with E-state index in [2.05, 4.69) is 21.3 Å². The summed E-state index contributed by atoms with van der Waals surface area (Å²) in [5, 5.41) is 66.5. The van der Waals surface area contributed by atoms with E-state index < -0.39 is 90.3 Å². The van der Waals surface area contributed by atoms with Crippen molar-refractivity contribution >= 4 is 70.8 Å². The monoisotopic (exact) mass is 1220 g/mol. The first-order chi connectivity index (χ1) is 40.5. The van der Waals surface area contributed by atoms with Crippen LogP contribution in [0.5, 0.6) is 0 Å². The van der Waals surface area contributed by atoms with Crippen LogP contribution in [0.25, 0.3) is 0 Å². The topological polar surface area (TPSA) is 411 Å². The van der Waals surface area contributed by atoms with Crippen LogP contribution >= 0.6 is 0 Å². The number of aliphatic hydroxyl groups excluding tert-OH is 1. The van der Waals surface area contributed by atoms with Gasteiger partial charge in [0.2, 0.25) is 23.6 Å². The Bertz CT molecular complexity index is 1990. The predicted octanol–water partition coefficient (Wildman–Crippen LogP) is 4.95. The third-order valence-corrected chi connectivity index (χ3v) is 14.1. The van der Waals surface area contributed by atoms with Crippen molar-refractivity contribution in [2.75, 3.05) is 65.9 Å². The van der Waals surface area contributed by atoms with E-state index in [-0.39, 0.29) is 146 Å². The van der Waals surface area contributed by atoms with E-state index in [0.29, 0.717) is 38.6 Å². The van der Waals surface area contributed by atoms with Crippen LogP contribution in [0, 0.1) is 17.8 Å². The molecule has 0 aliphatic heterocycles. The molecule has 26 heteroatoms. The molecule has 0 unspecified atom stereocenters. The van der Waals surface area contributed by atoms with E-state index in [1.165, 1.54) is 26.2 Å². The Morgan fingerprint density at radius 1 is 0.376 bits per heavy atom. The number of carboxylic acids is 5. The van der Waals surface area contributed by atoms with Crippen molar-refractivity contribution in [1.82, 2.24) is 21.3 Å². The van der Waals surface area contributed by atoms with Crippen LogP contribution in [0.2, 0.25) is 0 Å². The summed E-state index contributed by atoms with van der Waals surface area (Å²) in [5.74, 6) is -12.0. The van der Waals surface area contributed by atoms with Gasteiger partial charge < -0.3 is 70.9 Å². The highest BCUT2D eigenvalue weighted by molar-refractivity contribution is 5.88. The first-order valence-electron chi connectivity index (χ1n) is 30.3. The number of amides is 4. The van der Waals surface area contributed by atoms with Crippen molar-refractivity contribution in [2.45, 2.75) is 218 Å². The standard InChI is InChI=1S/C59H100N4O22/c1-42(50(67)39-47(43(2)64)57(76)77)20-17-18-30-60-53(70)40-85-37-35-83-33-31-61-54(71)41-84-36-34-82-32-19-21-45(65)25-27-48(58(78)79)63-52(69)29-24-44(56(74)75)38-46(66)26-28-49(59(80)81)62-51(68)22-15-13-11-9-7-5-3-4-6-8-10-12-14-16-23-55(72)73/h42-44,47-49,64H,3-41H2,1-2H3,(H,60,70)(H,61,71)(H,62,68)(H,63,69)(H,72,73)(H,74,75)(H,76,77)(H,78,79)(H,80,81)/t42-,43+,44+,47-,48-,49-/m0/s1. The highest BCUT2D eigenvalue weighted by atomic mass is 16.5. The van der Waals surface area contributed by atoms with E-state index in [1.807, 2.05) is 0 Å². The van der Waals surface area contributed by atoms with Gasteiger partial charge in [-0.1, -0.05) is 90.4 Å². The number of ketones is 3. The van der Waals surface area contributed by atoms with Crippen LogP contribution in [0.1, 0.15) is 200 Å². The molecule has 10 N–H and O–H groups in total. The Morgan fingerprint density at radius 2 is 0.835 bits per heavy atom. The van der Waals surface area contributed by atoms with Gasteiger partial charge in [-0.2, -0.15) is 0 Å². The second-order valence-electron chi connectivity index (χ2n) is 21.6. The number of Topliss-reactive ketones (excluding diaryl/α,β-unsaturated/α-hetero) is 3. The van der Waals surface area contributed by atoms with E-state index >= 15 is 0 Å². The van der Waals surface area contributed by atoms with Gasteiger partial charge in [0.05, 0.1) is 51.0 Å². The van der Waals surface area contributed by atoms with Crippen molar-refractivity contribution in [3.8, 4) is 0 Å². The number of hydrogen-bond donors (Lipinski definition) is 10. The summed E-state index contributed by atoms with van der Waals surface area (Å²) >= 11 is 0. The third kappa shape index (κ3) is 46.9. The number of carboxylic acid groups (broad SMARTS) is 5. The number of ether oxygens (including phenoxy) is 4. The smallest absolute Gasteiger partial charge is 0.326 e. The number of carbonyl (C=O) groups is 12. The quantitative estimate of drug-likeness (QED) is 0.0360. The highest BCUT2D eigenvalue weighted by Crippen LogP contribution is 2.19. The molecule has 0 saturated carbocycles. The zero-order valence-corrected chi connectivity index (χ0v) is 50.3. The van der Waals surface area contributed by atoms with Gasteiger partial charge in [0.15, 0.2) is 0 Å². The van der Waals surface area contributed by atoms with Crippen molar-refractivity contribution in [2.24, 2.45) is 17.8 Å². The summed E-state index contributed by atoms with van der Waals surface area (Å²) in [7, 11) is 0. The average Bonchev–Trinajstić information content (AvgIpc) is 3.53. The molecule has 26 nitrogen and oxygen atoms in total. The molecule has 0 spiro atoms. The summed E-state index contributed by atoms with van der Waals surface area (Å²) in [6.07, 6.45) is 13.1. The zero-order chi connectivity index (χ0) is 63.6. The van der Waals surface area contributed by atoms with Crippen LogP contribution in [0.4, 0.5) is 0 Å². The first kappa shape index (κ1) is 79.0. The van der Waals surface area contributed by atoms with Gasteiger partial charge in [0.1, 0.15) is 42.6 Å². The highest BCUT2D eigenvalue weighted by Gasteiger charge is 2.29. The molecule has 0 fully saturated rings. The summed E-state index contributed by atoms with van der Waals surface area (Å²) < 4.78 is 21.4. The number of hydrogen-bond acceptors (Lipinski definition) is 17. The Labute approximate surface area is 499 Å². The minimum Gasteiger partial charge on any atom is -0.481 e. The van der Waals surface area contributed by atoms with Crippen molar-refractivity contribution in [3.05, 3.63) is 0 Å². The van der Waals surface area contributed by atoms with E-state index in [0.717, 1.165) is 64.2 Å². The molecule has 0 aromatic carbocycles. The lowest BCUT2D eigenvalue weighted by molar-refractivity contribution is -0.148. The maximum Gasteiger partial charge on any atom is 0.326 e. The Kier molecular flexibility index (Phi) is 47.7. The first-order valence-corrected chi connectivity index (χ1v) is 30.3. The molecule has 85 heavy (non-hydrogen) atoms. The number of nitrogens with one attached hydrogen (secondary N) is 4. The second kappa shape index (κ2) is 51.3. The molecule has 0 heterocycles. The number of unbranched alkanes of at least 4 members (excludes halogenated alkanes) is 14. The summed E-state index contributed by atoms with van der Waals surface area (Å²) in [4.78, 5) is 144. The molecule has 0 aromatic heterocycles. The van der Waals surface area contributed by atoms with Gasteiger partial charge >= 0.3 is 29.8 Å². The molecule has 0 rings (SSSR count). The number of aliphatic hydroxyl groups is 1. The zero-order valence-electron chi connectivity index (χ0n) is 50.3. The third-order valence-electron chi connectivity index (χ3n) is 14.1. The Hall–Kier alpha value is -5.96. The molecule has 0 saturated heterocycles. The van der Waals surface area contributed by atoms with Crippen LogP contribution < -0.4 is 21.3 Å². The minimum absolute atomic E-state index is 0.0634. The fourth-order valence-corrected chi connectivity index (χ4v) is 8.81. The molecular weight excluding hydrogens is 1120 g/mol. The van der Waals surface area contributed by atoms with E-state index in [1.54, 1.807) is 6.92 Å². The molecule has 0 aliphatic carbocycles. The Balaban J connectivity index is 4.13. The largest absolute Gasteiger partial charge is 0.481 e. The van der Waals surface area contributed by atoms with E-state index in [9.17, 15) is 78.0 Å². The lowest BCUT2D eigenvalue weighted by Crippen LogP contribution is -2.41. The van der Waals surface area contributed by atoms with Gasteiger partial charge in [0, 0.05) is 77.0 Å². The minimum atomic E-state index is -1.44. The molecular formula is C59H100N4O22. The number of rotatable bonds is 60. The van der Waals surface area contributed by atoms with Gasteiger partial charge in [-0.05, 0) is 58.3 Å². The number of aliphatic carboxylic acids is 5. The molecule has 0 radical (unpaired) electrons. The maximum absolute atomic E-state index is 12.7. The van der Waals surface area contributed by atoms with Crippen LogP contribution in [0.15, 0.2) is 0 Å². The van der Waals surface area contributed by atoms with Gasteiger partial charge in [-0.15, -0.1) is 0 Å². The molecule has 0 bridgehead atoms. The van der Waals surface area contributed by atoms with Crippen molar-refractivity contribution < 1.29 is 107 Å². The maximum atomic E-state index is 12.7. The molecule has 0 aromatic rings. The summed E-state index contributed by atoms with van der Waals surface area (Å²) in [5.41, 5.74) is 0. The van der Waals surface area contributed by atoms with Crippen molar-refractivity contribution in [3.63, 3.8) is 0 Å². The van der Waals surface area contributed by atoms with Crippen molar-refractivity contribution in [1.29, 1.82) is 0 Å². The number of carbonyl (C=O) groups excluding carboxylic acids is 7. The Morgan fingerprint density at radius 3 is 1.32 bits per heavy atom. The second-order valence-corrected chi connectivity index (χ2v) is 21.6. The lowest BCUT2D eigenvalue weighted by atomic mass is 9.89. The molecule has 488 valence electrons. The molecule has 0 aliphatic rings. The molecule has 4 amide bonds. The van der Waals surface area contributed by atoms with E-state index in [4.69, 9.17) is 29.2 Å². The summed E-state index contributed by atoms with van der Waals surface area (Å²) in [6, 6.07) is -2.79. The fourth-order valence-electron chi connectivity index (χ4n) is 8.81. The van der Waals surface area contributed by atoms with Gasteiger partial charge in [-0.25, -0.2) is 9.59 Å². The fraction of sp³-hybridized carbons (Fsp3) is 0.797. The summed E-state index contributed by atoms with van der Waals surface area (Å²) in [6.45, 7) is 4.14. The normalized spacial score (nSPS) is 13.3.